The molecule has 3 rings (SSSR count). The summed E-state index contributed by atoms with van der Waals surface area (Å²) in [5.41, 5.74) is 5.40. The van der Waals surface area contributed by atoms with Crippen LogP contribution in [0.15, 0.2) is 48.5 Å². The SMILES string of the molecule is Cc1nc2cc(-c3cccc(NC(=O)C(C)(C)C)c3)ccc2cc1C(=O)NO. The third kappa shape index (κ3) is 4.02. The van der Waals surface area contributed by atoms with Crippen LogP contribution in [0.2, 0.25) is 0 Å². The molecule has 0 spiro atoms. The molecule has 0 saturated heterocycles. The lowest BCUT2D eigenvalue weighted by molar-refractivity contribution is -0.123. The maximum Gasteiger partial charge on any atom is 0.276 e. The summed E-state index contributed by atoms with van der Waals surface area (Å²) < 4.78 is 0. The summed E-state index contributed by atoms with van der Waals surface area (Å²) in [6.07, 6.45) is 0. The number of aryl methyl sites for hydroxylation is 1. The zero-order valence-electron chi connectivity index (χ0n) is 16.3. The molecule has 0 fully saturated rings. The number of carbonyl (C=O) groups excluding carboxylic acids is 2. The van der Waals surface area contributed by atoms with Gasteiger partial charge in [0.1, 0.15) is 0 Å². The minimum absolute atomic E-state index is 0.0462. The van der Waals surface area contributed by atoms with E-state index in [-0.39, 0.29) is 5.91 Å². The van der Waals surface area contributed by atoms with E-state index in [4.69, 9.17) is 5.21 Å². The number of aromatic nitrogens is 1. The number of pyridine rings is 1. The lowest BCUT2D eigenvalue weighted by Crippen LogP contribution is -2.27. The number of carbonyl (C=O) groups is 2. The Morgan fingerprint density at radius 1 is 1.00 bits per heavy atom. The lowest BCUT2D eigenvalue weighted by Gasteiger charge is -2.18. The number of hydrogen-bond acceptors (Lipinski definition) is 4. The van der Waals surface area contributed by atoms with Gasteiger partial charge in [-0.25, -0.2) is 5.48 Å². The number of nitrogens with one attached hydrogen (secondary N) is 2. The van der Waals surface area contributed by atoms with Crippen molar-refractivity contribution in [2.45, 2.75) is 27.7 Å². The van der Waals surface area contributed by atoms with Crippen molar-refractivity contribution in [2.75, 3.05) is 5.32 Å². The summed E-state index contributed by atoms with van der Waals surface area (Å²) in [6.45, 7) is 7.33. The molecule has 0 aliphatic heterocycles. The van der Waals surface area contributed by atoms with Gasteiger partial charge >= 0.3 is 0 Å². The predicted octanol–water partition coefficient (Wildman–Crippen LogP) is 4.31. The van der Waals surface area contributed by atoms with Crippen LogP contribution in [-0.4, -0.2) is 22.0 Å². The van der Waals surface area contributed by atoms with E-state index in [9.17, 15) is 9.59 Å². The van der Waals surface area contributed by atoms with Gasteiger partial charge in [0.15, 0.2) is 0 Å². The molecule has 3 N–H and O–H groups in total. The summed E-state index contributed by atoms with van der Waals surface area (Å²) in [4.78, 5) is 28.5. The molecule has 6 heteroatoms. The van der Waals surface area contributed by atoms with E-state index in [0.29, 0.717) is 11.3 Å². The summed E-state index contributed by atoms with van der Waals surface area (Å²) in [7, 11) is 0. The molecule has 28 heavy (non-hydrogen) atoms. The van der Waals surface area contributed by atoms with Crippen LogP contribution in [-0.2, 0) is 4.79 Å². The third-order valence-corrected chi connectivity index (χ3v) is 4.49. The molecule has 3 aromatic rings. The van der Waals surface area contributed by atoms with Crippen LogP contribution in [0.4, 0.5) is 5.69 Å². The average Bonchev–Trinajstić information content (AvgIpc) is 2.65. The van der Waals surface area contributed by atoms with Crippen molar-refractivity contribution in [3.8, 4) is 11.1 Å². The van der Waals surface area contributed by atoms with Crippen molar-refractivity contribution in [1.29, 1.82) is 0 Å². The fourth-order valence-electron chi connectivity index (χ4n) is 2.83. The van der Waals surface area contributed by atoms with Gasteiger partial charge < -0.3 is 5.32 Å². The van der Waals surface area contributed by atoms with E-state index >= 15 is 0 Å². The summed E-state index contributed by atoms with van der Waals surface area (Å²) in [6, 6.07) is 15.1. The van der Waals surface area contributed by atoms with E-state index in [1.54, 1.807) is 18.5 Å². The van der Waals surface area contributed by atoms with Gasteiger partial charge in [0.05, 0.1) is 16.8 Å². The van der Waals surface area contributed by atoms with Crippen LogP contribution in [0, 0.1) is 12.3 Å². The van der Waals surface area contributed by atoms with Crippen molar-refractivity contribution in [2.24, 2.45) is 5.41 Å². The smallest absolute Gasteiger partial charge is 0.276 e. The number of rotatable bonds is 3. The first kappa shape index (κ1) is 19.5. The highest BCUT2D eigenvalue weighted by molar-refractivity contribution is 5.99. The van der Waals surface area contributed by atoms with Crippen LogP contribution in [0.3, 0.4) is 0 Å². The Kier molecular flexibility index (Phi) is 5.16. The van der Waals surface area contributed by atoms with Crippen molar-refractivity contribution in [3.63, 3.8) is 0 Å². The van der Waals surface area contributed by atoms with Gasteiger partial charge in [-0.2, -0.15) is 0 Å². The Balaban J connectivity index is 1.97. The van der Waals surface area contributed by atoms with Crippen molar-refractivity contribution < 1.29 is 14.8 Å². The molecular weight excluding hydrogens is 354 g/mol. The minimum atomic E-state index is -0.585. The van der Waals surface area contributed by atoms with Crippen molar-refractivity contribution in [3.05, 3.63) is 59.8 Å². The number of benzene rings is 2. The van der Waals surface area contributed by atoms with Gasteiger partial charge in [-0.05, 0) is 42.3 Å². The van der Waals surface area contributed by atoms with Crippen molar-refractivity contribution >= 4 is 28.4 Å². The number of hydrogen-bond donors (Lipinski definition) is 3. The molecule has 2 amide bonds. The van der Waals surface area contributed by atoms with E-state index in [2.05, 4.69) is 10.3 Å². The molecule has 1 aromatic heterocycles. The summed E-state index contributed by atoms with van der Waals surface area (Å²) in [5, 5.41) is 12.6. The molecule has 0 bridgehead atoms. The highest BCUT2D eigenvalue weighted by Crippen LogP contribution is 2.27. The molecule has 0 unspecified atom stereocenters. The van der Waals surface area contributed by atoms with Crippen LogP contribution < -0.4 is 10.8 Å². The van der Waals surface area contributed by atoms with E-state index in [0.717, 1.165) is 27.7 Å². The second-order valence-electron chi connectivity index (χ2n) is 7.75. The molecule has 0 saturated carbocycles. The van der Waals surface area contributed by atoms with Gasteiger partial charge in [0.25, 0.3) is 5.91 Å². The highest BCUT2D eigenvalue weighted by Gasteiger charge is 2.21. The van der Waals surface area contributed by atoms with E-state index in [1.807, 2.05) is 63.2 Å². The van der Waals surface area contributed by atoms with Crippen LogP contribution in [0.5, 0.6) is 0 Å². The molecule has 1 heterocycles. The normalized spacial score (nSPS) is 11.3. The fourth-order valence-corrected chi connectivity index (χ4v) is 2.83. The van der Waals surface area contributed by atoms with Crippen LogP contribution in [0.25, 0.3) is 22.0 Å². The number of amides is 2. The van der Waals surface area contributed by atoms with Gasteiger partial charge in [-0.3, -0.25) is 19.8 Å². The molecule has 144 valence electrons. The van der Waals surface area contributed by atoms with Gasteiger partial charge in [0, 0.05) is 16.5 Å². The minimum Gasteiger partial charge on any atom is -0.326 e. The van der Waals surface area contributed by atoms with Gasteiger partial charge in [0.2, 0.25) is 5.91 Å². The zero-order valence-corrected chi connectivity index (χ0v) is 16.3. The molecule has 0 radical (unpaired) electrons. The lowest BCUT2D eigenvalue weighted by atomic mass is 9.95. The number of fused-ring (bicyclic) bond motifs is 1. The zero-order chi connectivity index (χ0) is 20.5. The Labute approximate surface area is 163 Å². The van der Waals surface area contributed by atoms with Crippen LogP contribution >= 0.6 is 0 Å². The highest BCUT2D eigenvalue weighted by atomic mass is 16.5. The summed E-state index contributed by atoms with van der Waals surface area (Å²) in [5.74, 6) is -0.631. The first-order chi connectivity index (χ1) is 13.2. The monoisotopic (exact) mass is 377 g/mol. The summed E-state index contributed by atoms with van der Waals surface area (Å²) >= 11 is 0. The maximum absolute atomic E-state index is 12.2. The second-order valence-corrected chi connectivity index (χ2v) is 7.75. The molecule has 6 nitrogen and oxygen atoms in total. The Hall–Kier alpha value is -3.25. The topological polar surface area (TPSA) is 91.3 Å². The van der Waals surface area contributed by atoms with E-state index in [1.165, 1.54) is 0 Å². The maximum atomic E-state index is 12.2. The molecule has 0 aliphatic carbocycles. The molecule has 0 aliphatic rings. The Morgan fingerprint density at radius 3 is 2.39 bits per heavy atom. The predicted molar refractivity (Wildman–Crippen MR) is 109 cm³/mol. The molecule has 2 aromatic carbocycles. The standard InChI is InChI=1S/C22H23N3O3/c1-13-18(20(26)25-28)11-16-9-8-15(12-19(16)23-13)14-6-5-7-17(10-14)24-21(27)22(2,3)4/h5-12,28H,1-4H3,(H,24,27)(H,25,26). The van der Waals surface area contributed by atoms with Crippen LogP contribution in [0.1, 0.15) is 36.8 Å². The first-order valence-corrected chi connectivity index (χ1v) is 8.97. The number of hydroxylamine groups is 1. The molecular formula is C22H23N3O3. The third-order valence-electron chi connectivity index (χ3n) is 4.49. The van der Waals surface area contributed by atoms with E-state index < -0.39 is 11.3 Å². The first-order valence-electron chi connectivity index (χ1n) is 8.97. The molecule has 0 atom stereocenters. The number of anilines is 1. The number of nitrogens with zero attached hydrogens (tertiary/aromatic N) is 1. The van der Waals surface area contributed by atoms with Crippen molar-refractivity contribution in [1.82, 2.24) is 10.5 Å². The Morgan fingerprint density at radius 2 is 1.71 bits per heavy atom. The van der Waals surface area contributed by atoms with Gasteiger partial charge in [-0.15, -0.1) is 0 Å². The fraction of sp³-hybridized carbons (Fsp3) is 0.227. The van der Waals surface area contributed by atoms with Gasteiger partial charge in [-0.1, -0.05) is 45.0 Å². The quantitative estimate of drug-likeness (QED) is 0.468. The largest absolute Gasteiger partial charge is 0.326 e. The average molecular weight is 377 g/mol. The second kappa shape index (κ2) is 7.40. The Bertz CT molecular complexity index is 1070.